The first-order valence-electron chi connectivity index (χ1n) is 9.34. The van der Waals surface area contributed by atoms with Crippen LogP contribution >= 0.6 is 11.6 Å². The first kappa shape index (κ1) is 17.8. The van der Waals surface area contributed by atoms with Crippen molar-refractivity contribution >= 4 is 39.8 Å². The maximum atomic E-state index is 13.0. The van der Waals surface area contributed by atoms with Crippen LogP contribution in [0.2, 0.25) is 5.02 Å². The van der Waals surface area contributed by atoms with Gasteiger partial charge in [0, 0.05) is 35.4 Å². The number of carbonyl (C=O) groups excluding carboxylic acids is 1. The second-order valence-corrected chi connectivity index (χ2v) is 7.42. The van der Waals surface area contributed by atoms with Crippen molar-refractivity contribution in [2.24, 2.45) is 0 Å². The maximum absolute atomic E-state index is 13.0. The van der Waals surface area contributed by atoms with Gasteiger partial charge in [-0.1, -0.05) is 41.9 Å². The number of benzene rings is 2. The Kier molecular flexibility index (Phi) is 4.99. The van der Waals surface area contributed by atoms with Gasteiger partial charge in [-0.25, -0.2) is 4.98 Å². The number of hydrogen-bond acceptors (Lipinski definition) is 3. The van der Waals surface area contributed by atoms with Crippen molar-refractivity contribution in [3.05, 3.63) is 64.8 Å². The van der Waals surface area contributed by atoms with Gasteiger partial charge in [0.25, 0.3) is 5.91 Å². The number of amides is 1. The van der Waals surface area contributed by atoms with Crippen molar-refractivity contribution in [2.75, 3.05) is 18.4 Å². The highest BCUT2D eigenvalue weighted by molar-refractivity contribution is 6.31. The quantitative estimate of drug-likeness (QED) is 0.647. The van der Waals surface area contributed by atoms with E-state index in [0.717, 1.165) is 53.8 Å². The van der Waals surface area contributed by atoms with Crippen LogP contribution < -0.4 is 5.32 Å². The zero-order valence-electron chi connectivity index (χ0n) is 15.3. The van der Waals surface area contributed by atoms with Crippen LogP contribution in [-0.2, 0) is 0 Å². The van der Waals surface area contributed by atoms with Crippen LogP contribution in [0.1, 0.15) is 35.2 Å². The van der Waals surface area contributed by atoms with Gasteiger partial charge >= 0.3 is 0 Å². The number of hydrogen-bond donors (Lipinski definition) is 1. The van der Waals surface area contributed by atoms with Gasteiger partial charge in [0.15, 0.2) is 0 Å². The van der Waals surface area contributed by atoms with Gasteiger partial charge < -0.3 is 10.2 Å². The first-order chi connectivity index (χ1) is 13.1. The van der Waals surface area contributed by atoms with E-state index < -0.39 is 0 Å². The van der Waals surface area contributed by atoms with Crippen LogP contribution in [0, 0.1) is 6.92 Å². The van der Waals surface area contributed by atoms with Gasteiger partial charge in [-0.2, -0.15) is 0 Å². The number of anilines is 2. The van der Waals surface area contributed by atoms with Crippen molar-refractivity contribution in [3.63, 3.8) is 0 Å². The van der Waals surface area contributed by atoms with Crippen LogP contribution in [0.5, 0.6) is 0 Å². The fourth-order valence-electron chi connectivity index (χ4n) is 3.54. The summed E-state index contributed by atoms with van der Waals surface area (Å²) in [6.07, 6.45) is 5.04. The van der Waals surface area contributed by atoms with E-state index in [1.165, 1.54) is 6.42 Å². The van der Waals surface area contributed by atoms with Gasteiger partial charge in [-0.05, 0) is 49.3 Å². The Balaban J connectivity index is 1.71. The van der Waals surface area contributed by atoms with Crippen LogP contribution in [0.4, 0.5) is 11.5 Å². The lowest BCUT2D eigenvalue weighted by Gasteiger charge is -2.27. The molecule has 27 heavy (non-hydrogen) atoms. The Morgan fingerprint density at radius 3 is 2.56 bits per heavy atom. The van der Waals surface area contributed by atoms with Crippen LogP contribution in [0.3, 0.4) is 0 Å². The smallest absolute Gasteiger partial charge is 0.256 e. The Hall–Kier alpha value is -2.59. The molecule has 1 saturated heterocycles. The monoisotopic (exact) mass is 379 g/mol. The normalized spacial score (nSPS) is 14.4. The van der Waals surface area contributed by atoms with E-state index >= 15 is 0 Å². The number of likely N-dealkylation sites (tertiary alicyclic amines) is 1. The number of nitrogens with one attached hydrogen (secondary N) is 1. The van der Waals surface area contributed by atoms with Gasteiger partial charge in [-0.15, -0.1) is 0 Å². The number of halogens is 1. The van der Waals surface area contributed by atoms with Crippen molar-refractivity contribution in [1.29, 1.82) is 0 Å². The summed E-state index contributed by atoms with van der Waals surface area (Å²) in [5, 5.41) is 5.90. The Bertz CT molecular complexity index is 996. The van der Waals surface area contributed by atoms with Crippen LogP contribution in [-0.4, -0.2) is 28.9 Å². The summed E-state index contributed by atoms with van der Waals surface area (Å²) < 4.78 is 0. The minimum absolute atomic E-state index is 0.0725. The standard InChI is InChI=1S/C22H22ClN3O/c1-15-9-10-16(13-20(15)23)25-21-18-8-4-3-7-17(18)19(14-24-21)22(27)26-11-5-2-6-12-26/h3-4,7-10,13-14H,2,5-6,11-12H2,1H3,(H,24,25). The molecule has 2 aromatic carbocycles. The molecule has 1 aliphatic heterocycles. The summed E-state index contributed by atoms with van der Waals surface area (Å²) in [5.41, 5.74) is 2.57. The number of fused-ring (bicyclic) bond motifs is 1. The van der Waals surface area contributed by atoms with E-state index in [4.69, 9.17) is 11.6 Å². The second kappa shape index (κ2) is 7.57. The Morgan fingerprint density at radius 1 is 1.07 bits per heavy atom. The lowest BCUT2D eigenvalue weighted by molar-refractivity contribution is 0.0726. The molecule has 0 bridgehead atoms. The highest BCUT2D eigenvalue weighted by Crippen LogP contribution is 2.29. The molecule has 1 fully saturated rings. The number of piperidine rings is 1. The summed E-state index contributed by atoms with van der Waals surface area (Å²) in [4.78, 5) is 19.5. The molecule has 1 aromatic heterocycles. The largest absolute Gasteiger partial charge is 0.340 e. The van der Waals surface area contributed by atoms with Gasteiger partial charge in [0.1, 0.15) is 5.82 Å². The lowest BCUT2D eigenvalue weighted by Crippen LogP contribution is -2.35. The van der Waals surface area contributed by atoms with E-state index in [1.807, 2.05) is 54.3 Å². The number of carbonyl (C=O) groups is 1. The van der Waals surface area contributed by atoms with Gasteiger partial charge in [0.2, 0.25) is 0 Å². The maximum Gasteiger partial charge on any atom is 0.256 e. The molecule has 2 heterocycles. The van der Waals surface area contributed by atoms with Gasteiger partial charge in [-0.3, -0.25) is 4.79 Å². The third kappa shape index (κ3) is 3.62. The van der Waals surface area contributed by atoms with Crippen molar-refractivity contribution in [2.45, 2.75) is 26.2 Å². The predicted octanol–water partition coefficient (Wildman–Crippen LogP) is 5.57. The van der Waals surface area contributed by atoms with Crippen LogP contribution in [0.25, 0.3) is 10.8 Å². The zero-order valence-corrected chi connectivity index (χ0v) is 16.1. The number of aryl methyl sites for hydroxylation is 1. The Labute approximate surface area is 164 Å². The summed E-state index contributed by atoms with van der Waals surface area (Å²) in [5.74, 6) is 0.795. The molecule has 1 amide bonds. The van der Waals surface area contributed by atoms with E-state index in [0.29, 0.717) is 10.6 Å². The molecule has 138 valence electrons. The van der Waals surface area contributed by atoms with Crippen molar-refractivity contribution in [3.8, 4) is 0 Å². The molecule has 0 spiro atoms. The fourth-order valence-corrected chi connectivity index (χ4v) is 3.72. The zero-order chi connectivity index (χ0) is 18.8. The van der Waals surface area contributed by atoms with Crippen LogP contribution in [0.15, 0.2) is 48.7 Å². The summed E-state index contributed by atoms with van der Waals surface area (Å²) in [7, 11) is 0. The molecule has 1 N–H and O–H groups in total. The highest BCUT2D eigenvalue weighted by Gasteiger charge is 2.21. The van der Waals surface area contributed by atoms with Gasteiger partial charge in [0.05, 0.1) is 5.56 Å². The summed E-state index contributed by atoms with van der Waals surface area (Å²) >= 11 is 6.24. The fraction of sp³-hybridized carbons (Fsp3) is 0.273. The average Bonchev–Trinajstić information content (AvgIpc) is 2.71. The molecule has 0 unspecified atom stereocenters. The molecule has 1 aliphatic rings. The third-order valence-corrected chi connectivity index (χ3v) is 5.51. The third-order valence-electron chi connectivity index (χ3n) is 5.10. The molecule has 4 nitrogen and oxygen atoms in total. The molecular weight excluding hydrogens is 358 g/mol. The summed E-state index contributed by atoms with van der Waals surface area (Å²) in [6, 6.07) is 13.7. The molecule has 3 aromatic rings. The molecule has 0 saturated carbocycles. The summed E-state index contributed by atoms with van der Waals surface area (Å²) in [6.45, 7) is 3.63. The first-order valence-corrected chi connectivity index (χ1v) is 9.71. The molecule has 0 atom stereocenters. The SMILES string of the molecule is Cc1ccc(Nc2ncc(C(=O)N3CCCCC3)c3ccccc23)cc1Cl. The molecule has 0 radical (unpaired) electrons. The molecule has 5 heteroatoms. The number of aromatic nitrogens is 1. The Morgan fingerprint density at radius 2 is 1.81 bits per heavy atom. The molecule has 4 rings (SSSR count). The lowest BCUT2D eigenvalue weighted by atomic mass is 10.0. The van der Waals surface area contributed by atoms with Crippen molar-refractivity contribution < 1.29 is 4.79 Å². The number of pyridine rings is 1. The van der Waals surface area contributed by atoms with E-state index in [1.54, 1.807) is 6.20 Å². The number of rotatable bonds is 3. The minimum Gasteiger partial charge on any atom is -0.340 e. The molecule has 0 aliphatic carbocycles. The second-order valence-electron chi connectivity index (χ2n) is 7.01. The average molecular weight is 380 g/mol. The molecular formula is C22H22ClN3O. The number of nitrogens with zero attached hydrogens (tertiary/aromatic N) is 2. The van der Waals surface area contributed by atoms with E-state index in [9.17, 15) is 4.79 Å². The van der Waals surface area contributed by atoms with Crippen molar-refractivity contribution in [1.82, 2.24) is 9.88 Å². The topological polar surface area (TPSA) is 45.2 Å². The highest BCUT2D eigenvalue weighted by atomic mass is 35.5. The predicted molar refractivity (Wildman–Crippen MR) is 111 cm³/mol. The van der Waals surface area contributed by atoms with E-state index in [-0.39, 0.29) is 5.91 Å². The minimum atomic E-state index is 0.0725. The van der Waals surface area contributed by atoms with E-state index in [2.05, 4.69) is 10.3 Å².